The Kier molecular flexibility index (Phi) is 11.8. The molecule has 0 bridgehead atoms. The lowest BCUT2D eigenvalue weighted by atomic mass is 9.84. The molecule has 0 atom stereocenters. The molecule has 0 spiro atoms. The standard InChI is InChI=1S/C66H48N2/c1-7-19-53(20-8-1)65-61-45-39-51(33-31-49-35-41-59(42-36-49)67(55-23-11-3-12-24-55)56-25-13-4-14-26-56)47-63(61)64-48-52(40-46-62(64)66(65)54-21-9-2-10-22-54)34-32-50-37-43-60(44-38-50)68(57-27-15-5-16-28-57)58-29-17-6-18-30-58/h1-48H/b33-31+,34-32+. The van der Waals surface area contributed by atoms with E-state index in [0.29, 0.717) is 0 Å². The molecule has 0 N–H and O–H groups in total. The third-order valence-electron chi connectivity index (χ3n) is 12.6. The van der Waals surface area contributed by atoms with E-state index in [9.17, 15) is 0 Å². The zero-order valence-corrected chi connectivity index (χ0v) is 37.6. The molecule has 0 aromatic heterocycles. The van der Waals surface area contributed by atoms with Gasteiger partial charge in [-0.15, -0.1) is 0 Å². The van der Waals surface area contributed by atoms with Crippen LogP contribution in [-0.4, -0.2) is 0 Å². The quantitative estimate of drug-likeness (QED) is 0.0892. The fraction of sp³-hybridized carbons (Fsp3) is 0. The molecule has 11 aromatic rings. The fourth-order valence-electron chi connectivity index (χ4n) is 9.35. The van der Waals surface area contributed by atoms with Crippen LogP contribution in [0.5, 0.6) is 0 Å². The van der Waals surface area contributed by atoms with E-state index in [2.05, 4.69) is 301 Å². The summed E-state index contributed by atoms with van der Waals surface area (Å²) in [6.07, 6.45) is 8.92. The molecule has 0 heterocycles. The van der Waals surface area contributed by atoms with Gasteiger partial charge in [-0.05, 0) is 151 Å². The van der Waals surface area contributed by atoms with E-state index in [-0.39, 0.29) is 0 Å². The summed E-state index contributed by atoms with van der Waals surface area (Å²) in [5, 5.41) is 4.89. The number of para-hydroxylation sites is 4. The zero-order valence-electron chi connectivity index (χ0n) is 37.6. The molecular weight excluding hydrogens is 821 g/mol. The Morgan fingerprint density at radius 3 is 0.765 bits per heavy atom. The molecule has 11 aromatic carbocycles. The topological polar surface area (TPSA) is 6.48 Å². The largest absolute Gasteiger partial charge is 0.311 e. The van der Waals surface area contributed by atoms with Crippen LogP contribution in [-0.2, 0) is 0 Å². The smallest absolute Gasteiger partial charge is 0.0462 e. The Morgan fingerprint density at radius 1 is 0.206 bits per heavy atom. The van der Waals surface area contributed by atoms with Crippen LogP contribution >= 0.6 is 0 Å². The molecule has 0 aliphatic rings. The van der Waals surface area contributed by atoms with Gasteiger partial charge in [0.25, 0.3) is 0 Å². The van der Waals surface area contributed by atoms with Gasteiger partial charge in [-0.25, -0.2) is 0 Å². The number of hydrogen-bond donors (Lipinski definition) is 0. The number of benzene rings is 11. The number of rotatable bonds is 12. The van der Waals surface area contributed by atoms with Crippen molar-refractivity contribution in [1.29, 1.82) is 0 Å². The second-order valence-corrected chi connectivity index (χ2v) is 17.0. The molecule has 0 amide bonds. The Bertz CT molecular complexity index is 3180. The lowest BCUT2D eigenvalue weighted by Gasteiger charge is -2.25. The number of fused-ring (bicyclic) bond motifs is 3. The van der Waals surface area contributed by atoms with Crippen molar-refractivity contribution in [2.75, 3.05) is 9.80 Å². The number of hydrogen-bond acceptors (Lipinski definition) is 2. The summed E-state index contributed by atoms with van der Waals surface area (Å²) < 4.78 is 0. The maximum absolute atomic E-state index is 2.37. The highest BCUT2D eigenvalue weighted by Gasteiger charge is 2.19. The van der Waals surface area contributed by atoms with E-state index < -0.39 is 0 Å². The summed E-state index contributed by atoms with van der Waals surface area (Å²) in [4.78, 5) is 4.59. The van der Waals surface area contributed by atoms with Gasteiger partial charge in [-0.2, -0.15) is 0 Å². The first kappa shape index (κ1) is 41.7. The molecule has 0 fully saturated rings. The van der Waals surface area contributed by atoms with Crippen LogP contribution in [0.25, 0.3) is 68.1 Å². The van der Waals surface area contributed by atoms with Crippen LogP contribution in [0.15, 0.2) is 267 Å². The molecule has 322 valence electrons. The SMILES string of the molecule is C(=C\c1ccc2c(-c3ccccc3)c(-c3ccccc3)c3ccc(/C=C/c4ccc(N(c5ccccc5)c5ccccc5)cc4)cc3c2c1)/c1ccc(N(c2ccccc2)c2ccccc2)cc1. The van der Waals surface area contributed by atoms with Crippen LogP contribution in [0, 0.1) is 0 Å². The second-order valence-electron chi connectivity index (χ2n) is 17.0. The molecule has 68 heavy (non-hydrogen) atoms. The predicted octanol–water partition coefficient (Wildman–Crippen LogP) is 18.6. The van der Waals surface area contributed by atoms with Crippen LogP contribution < -0.4 is 9.80 Å². The Balaban J connectivity index is 0.973. The molecule has 2 heteroatoms. The molecule has 0 aliphatic heterocycles. The average molecular weight is 869 g/mol. The molecule has 0 saturated heterocycles. The highest BCUT2D eigenvalue weighted by molar-refractivity contribution is 6.22. The van der Waals surface area contributed by atoms with Crippen LogP contribution in [0.4, 0.5) is 34.1 Å². The van der Waals surface area contributed by atoms with Gasteiger partial charge in [0.1, 0.15) is 0 Å². The summed E-state index contributed by atoms with van der Waals surface area (Å²) in [5.41, 5.74) is 16.2. The van der Waals surface area contributed by atoms with Gasteiger partial charge in [0.15, 0.2) is 0 Å². The molecule has 0 radical (unpaired) electrons. The fourth-order valence-corrected chi connectivity index (χ4v) is 9.35. The lowest BCUT2D eigenvalue weighted by molar-refractivity contribution is 1.28. The van der Waals surface area contributed by atoms with Gasteiger partial charge >= 0.3 is 0 Å². The summed E-state index contributed by atoms with van der Waals surface area (Å²) in [5.74, 6) is 0. The predicted molar refractivity (Wildman–Crippen MR) is 292 cm³/mol. The third-order valence-corrected chi connectivity index (χ3v) is 12.6. The van der Waals surface area contributed by atoms with Crippen molar-refractivity contribution in [3.05, 3.63) is 289 Å². The first-order valence-corrected chi connectivity index (χ1v) is 23.2. The van der Waals surface area contributed by atoms with Crippen LogP contribution in [0.3, 0.4) is 0 Å². The highest BCUT2D eigenvalue weighted by Crippen LogP contribution is 2.45. The minimum atomic E-state index is 1.11. The first-order chi connectivity index (χ1) is 33.7. The monoisotopic (exact) mass is 868 g/mol. The molecular formula is C66H48N2. The van der Waals surface area contributed by atoms with Crippen molar-refractivity contribution in [3.63, 3.8) is 0 Å². The van der Waals surface area contributed by atoms with Gasteiger partial charge < -0.3 is 9.80 Å². The lowest BCUT2D eigenvalue weighted by Crippen LogP contribution is -2.09. The first-order valence-electron chi connectivity index (χ1n) is 23.2. The maximum atomic E-state index is 2.37. The van der Waals surface area contributed by atoms with Gasteiger partial charge in [-0.1, -0.05) is 206 Å². The highest BCUT2D eigenvalue weighted by atomic mass is 15.1. The maximum Gasteiger partial charge on any atom is 0.0462 e. The summed E-state index contributed by atoms with van der Waals surface area (Å²) in [7, 11) is 0. The van der Waals surface area contributed by atoms with Crippen LogP contribution in [0.1, 0.15) is 22.3 Å². The molecule has 2 nitrogen and oxygen atoms in total. The average Bonchev–Trinajstić information content (AvgIpc) is 3.42. The molecule has 0 saturated carbocycles. The van der Waals surface area contributed by atoms with Gasteiger partial charge in [0.2, 0.25) is 0 Å². The molecule has 0 aliphatic carbocycles. The number of nitrogens with zero attached hydrogens (tertiary/aromatic N) is 2. The second kappa shape index (κ2) is 19.2. The van der Waals surface area contributed by atoms with E-state index in [0.717, 1.165) is 56.4 Å². The number of anilines is 6. The zero-order chi connectivity index (χ0) is 45.5. The van der Waals surface area contributed by atoms with E-state index >= 15 is 0 Å². The van der Waals surface area contributed by atoms with E-state index in [1.807, 2.05) is 0 Å². The van der Waals surface area contributed by atoms with Crippen molar-refractivity contribution in [3.8, 4) is 22.3 Å². The minimum Gasteiger partial charge on any atom is -0.311 e. The van der Waals surface area contributed by atoms with Crippen molar-refractivity contribution < 1.29 is 0 Å². The van der Waals surface area contributed by atoms with Crippen LogP contribution in [0.2, 0.25) is 0 Å². The summed E-state index contributed by atoms with van der Waals surface area (Å²) in [6, 6.07) is 95.4. The van der Waals surface area contributed by atoms with Gasteiger partial charge in [-0.3, -0.25) is 0 Å². The Labute approximate surface area is 399 Å². The minimum absolute atomic E-state index is 1.11. The Hall–Kier alpha value is -8.98. The normalized spacial score (nSPS) is 11.4. The molecule has 0 unspecified atom stereocenters. The van der Waals surface area contributed by atoms with E-state index in [4.69, 9.17) is 0 Å². The van der Waals surface area contributed by atoms with Crippen molar-refractivity contribution in [2.24, 2.45) is 0 Å². The van der Waals surface area contributed by atoms with Crippen molar-refractivity contribution >= 4 is 80.0 Å². The van der Waals surface area contributed by atoms with E-state index in [1.165, 1.54) is 43.8 Å². The van der Waals surface area contributed by atoms with Gasteiger partial charge in [0.05, 0.1) is 0 Å². The Morgan fingerprint density at radius 2 is 0.456 bits per heavy atom. The molecule has 11 rings (SSSR count). The van der Waals surface area contributed by atoms with Crippen molar-refractivity contribution in [2.45, 2.75) is 0 Å². The van der Waals surface area contributed by atoms with Crippen molar-refractivity contribution in [1.82, 2.24) is 0 Å². The third kappa shape index (κ3) is 8.75. The summed E-state index contributed by atoms with van der Waals surface area (Å²) in [6.45, 7) is 0. The van der Waals surface area contributed by atoms with E-state index in [1.54, 1.807) is 0 Å². The van der Waals surface area contributed by atoms with Gasteiger partial charge in [0, 0.05) is 34.1 Å². The summed E-state index contributed by atoms with van der Waals surface area (Å²) >= 11 is 0.